The number of hydrogen-bond acceptors (Lipinski definition) is 3. The molecule has 6 heteroatoms. The van der Waals surface area contributed by atoms with Crippen LogP contribution in [0.1, 0.15) is 22.6 Å². The molecule has 5 nitrogen and oxygen atoms in total. The van der Waals surface area contributed by atoms with E-state index in [9.17, 15) is 4.79 Å². The third-order valence-electron chi connectivity index (χ3n) is 4.85. The van der Waals surface area contributed by atoms with E-state index in [1.807, 2.05) is 36.5 Å². The molecule has 0 saturated carbocycles. The summed E-state index contributed by atoms with van der Waals surface area (Å²) < 4.78 is 7.44. The number of aromatic nitrogens is 2. The van der Waals surface area contributed by atoms with Gasteiger partial charge in [-0.25, -0.2) is 0 Å². The zero-order valence-electron chi connectivity index (χ0n) is 15.0. The minimum absolute atomic E-state index is 0.00353. The van der Waals surface area contributed by atoms with E-state index in [-0.39, 0.29) is 18.4 Å². The number of hydrogen-bond donors (Lipinski definition) is 0. The molecule has 1 aromatic heterocycles. The molecular weight excluding hydrogens is 362 g/mol. The van der Waals surface area contributed by atoms with Gasteiger partial charge in [-0.3, -0.25) is 9.48 Å². The SMILES string of the molecule is Cn1cc(C2CN(C(=O)COc3ccc(Cl)cc3)Cc3ccccc32)cn1. The molecule has 0 fully saturated rings. The molecule has 4 rings (SSSR count). The van der Waals surface area contributed by atoms with Crippen LogP contribution in [-0.2, 0) is 18.4 Å². The Morgan fingerprint density at radius 2 is 2.00 bits per heavy atom. The number of aryl methyl sites for hydroxylation is 1. The van der Waals surface area contributed by atoms with Crippen molar-refractivity contribution in [1.82, 2.24) is 14.7 Å². The molecule has 0 aliphatic carbocycles. The summed E-state index contributed by atoms with van der Waals surface area (Å²) in [4.78, 5) is 14.6. The number of benzene rings is 2. The Kier molecular flexibility index (Phi) is 4.86. The maximum atomic E-state index is 12.8. The molecule has 1 atom stereocenters. The van der Waals surface area contributed by atoms with Gasteiger partial charge >= 0.3 is 0 Å². The van der Waals surface area contributed by atoms with Gasteiger partial charge in [0.2, 0.25) is 0 Å². The maximum Gasteiger partial charge on any atom is 0.260 e. The van der Waals surface area contributed by atoms with Crippen molar-refractivity contribution in [2.75, 3.05) is 13.2 Å². The van der Waals surface area contributed by atoms with Crippen molar-refractivity contribution in [2.24, 2.45) is 7.05 Å². The zero-order chi connectivity index (χ0) is 18.8. The summed E-state index contributed by atoms with van der Waals surface area (Å²) >= 11 is 5.88. The third kappa shape index (κ3) is 3.83. The first-order valence-electron chi connectivity index (χ1n) is 8.82. The van der Waals surface area contributed by atoms with Crippen LogP contribution in [0.15, 0.2) is 60.9 Å². The third-order valence-corrected chi connectivity index (χ3v) is 5.10. The lowest BCUT2D eigenvalue weighted by atomic mass is 9.86. The van der Waals surface area contributed by atoms with E-state index in [2.05, 4.69) is 17.2 Å². The Morgan fingerprint density at radius 1 is 1.22 bits per heavy atom. The number of halogens is 1. The smallest absolute Gasteiger partial charge is 0.260 e. The normalized spacial score (nSPS) is 16.1. The van der Waals surface area contributed by atoms with E-state index < -0.39 is 0 Å². The van der Waals surface area contributed by atoms with E-state index in [0.717, 1.165) is 11.1 Å². The molecule has 1 aliphatic heterocycles. The Morgan fingerprint density at radius 3 is 2.74 bits per heavy atom. The van der Waals surface area contributed by atoms with Crippen LogP contribution in [0.2, 0.25) is 5.02 Å². The van der Waals surface area contributed by atoms with Gasteiger partial charge in [0.1, 0.15) is 5.75 Å². The quantitative estimate of drug-likeness (QED) is 0.693. The molecule has 0 radical (unpaired) electrons. The van der Waals surface area contributed by atoms with E-state index in [4.69, 9.17) is 16.3 Å². The molecule has 0 saturated heterocycles. The molecular formula is C21H20ClN3O2. The van der Waals surface area contributed by atoms with E-state index >= 15 is 0 Å². The molecule has 2 heterocycles. The van der Waals surface area contributed by atoms with Crippen molar-refractivity contribution in [3.8, 4) is 5.75 Å². The molecule has 0 spiro atoms. The van der Waals surface area contributed by atoms with Gasteiger partial charge in [0, 0.05) is 37.3 Å². The summed E-state index contributed by atoms with van der Waals surface area (Å²) in [5.74, 6) is 0.713. The van der Waals surface area contributed by atoms with Crippen molar-refractivity contribution >= 4 is 17.5 Å². The molecule has 1 unspecified atom stereocenters. The highest BCUT2D eigenvalue weighted by Crippen LogP contribution is 2.33. The predicted molar refractivity (Wildman–Crippen MR) is 104 cm³/mol. The van der Waals surface area contributed by atoms with Crippen molar-refractivity contribution in [3.63, 3.8) is 0 Å². The van der Waals surface area contributed by atoms with Crippen LogP contribution < -0.4 is 4.74 Å². The summed E-state index contributed by atoms with van der Waals surface area (Å²) in [7, 11) is 1.90. The first-order valence-corrected chi connectivity index (χ1v) is 9.20. The predicted octanol–water partition coefficient (Wildman–Crippen LogP) is 3.63. The van der Waals surface area contributed by atoms with Crippen LogP contribution >= 0.6 is 11.6 Å². The summed E-state index contributed by atoms with van der Waals surface area (Å²) in [6, 6.07) is 15.3. The Bertz CT molecular complexity index is 952. The van der Waals surface area contributed by atoms with Gasteiger partial charge in [-0.15, -0.1) is 0 Å². The van der Waals surface area contributed by atoms with Gasteiger partial charge in [-0.2, -0.15) is 5.10 Å². The first kappa shape index (κ1) is 17.6. The highest BCUT2D eigenvalue weighted by Gasteiger charge is 2.29. The van der Waals surface area contributed by atoms with Crippen LogP contribution in [0.25, 0.3) is 0 Å². The van der Waals surface area contributed by atoms with E-state index in [1.54, 1.807) is 28.9 Å². The topological polar surface area (TPSA) is 47.4 Å². The fraction of sp³-hybridized carbons (Fsp3) is 0.238. The molecule has 0 N–H and O–H groups in total. The van der Waals surface area contributed by atoms with Crippen LogP contribution in [0.4, 0.5) is 0 Å². The molecule has 138 valence electrons. The molecule has 0 bridgehead atoms. The minimum atomic E-state index is -0.0339. The molecule has 1 amide bonds. The largest absolute Gasteiger partial charge is 0.484 e. The lowest BCUT2D eigenvalue weighted by Crippen LogP contribution is -2.41. The van der Waals surface area contributed by atoms with Crippen LogP contribution in [0.5, 0.6) is 5.75 Å². The highest BCUT2D eigenvalue weighted by molar-refractivity contribution is 6.30. The van der Waals surface area contributed by atoms with Crippen LogP contribution in [-0.4, -0.2) is 33.7 Å². The average Bonchev–Trinajstić information content (AvgIpc) is 3.12. The summed E-state index contributed by atoms with van der Waals surface area (Å²) in [5.41, 5.74) is 3.53. The summed E-state index contributed by atoms with van der Waals surface area (Å²) in [5, 5.41) is 4.93. The fourth-order valence-electron chi connectivity index (χ4n) is 3.47. The summed E-state index contributed by atoms with van der Waals surface area (Å²) in [6.45, 7) is 1.21. The second-order valence-corrected chi connectivity index (χ2v) is 7.15. The number of rotatable bonds is 4. The zero-order valence-corrected chi connectivity index (χ0v) is 15.8. The van der Waals surface area contributed by atoms with E-state index in [1.165, 1.54) is 5.56 Å². The van der Waals surface area contributed by atoms with Gasteiger partial charge < -0.3 is 9.64 Å². The van der Waals surface area contributed by atoms with Gasteiger partial charge in [-0.05, 0) is 41.0 Å². The van der Waals surface area contributed by atoms with Gasteiger partial charge in [0.25, 0.3) is 5.91 Å². The second-order valence-electron chi connectivity index (χ2n) is 6.72. The van der Waals surface area contributed by atoms with Gasteiger partial charge in [0.15, 0.2) is 6.61 Å². The van der Waals surface area contributed by atoms with Crippen LogP contribution in [0, 0.1) is 0 Å². The Hall–Kier alpha value is -2.79. The lowest BCUT2D eigenvalue weighted by Gasteiger charge is -2.34. The summed E-state index contributed by atoms with van der Waals surface area (Å²) in [6.07, 6.45) is 3.89. The average molecular weight is 382 g/mol. The minimum Gasteiger partial charge on any atom is -0.484 e. The number of carbonyl (C=O) groups excluding carboxylic acids is 1. The van der Waals surface area contributed by atoms with Gasteiger partial charge in [0.05, 0.1) is 6.20 Å². The monoisotopic (exact) mass is 381 g/mol. The molecule has 2 aromatic carbocycles. The van der Waals surface area contributed by atoms with Crippen molar-refractivity contribution < 1.29 is 9.53 Å². The number of carbonyl (C=O) groups is 1. The second kappa shape index (κ2) is 7.45. The Labute approximate surface area is 163 Å². The Balaban J connectivity index is 1.51. The highest BCUT2D eigenvalue weighted by atomic mass is 35.5. The standard InChI is InChI=1S/C21H20ClN3O2/c1-24-11-16(10-23-24)20-13-25(12-15-4-2-3-5-19(15)20)21(26)14-27-18-8-6-17(22)7-9-18/h2-11,20H,12-14H2,1H3. The molecule has 27 heavy (non-hydrogen) atoms. The fourth-order valence-corrected chi connectivity index (χ4v) is 3.60. The van der Waals surface area contributed by atoms with Gasteiger partial charge in [-0.1, -0.05) is 35.9 Å². The van der Waals surface area contributed by atoms with E-state index in [0.29, 0.717) is 23.9 Å². The number of amides is 1. The van der Waals surface area contributed by atoms with Crippen LogP contribution in [0.3, 0.4) is 0 Å². The number of ether oxygens (including phenoxy) is 1. The number of fused-ring (bicyclic) bond motifs is 1. The molecule has 3 aromatic rings. The van der Waals surface area contributed by atoms with Crippen molar-refractivity contribution in [2.45, 2.75) is 12.5 Å². The first-order chi connectivity index (χ1) is 13.1. The molecule has 1 aliphatic rings. The van der Waals surface area contributed by atoms with Crippen molar-refractivity contribution in [1.29, 1.82) is 0 Å². The van der Waals surface area contributed by atoms with Crippen molar-refractivity contribution in [3.05, 3.63) is 82.6 Å². The lowest BCUT2D eigenvalue weighted by molar-refractivity contribution is -0.134. The maximum absolute atomic E-state index is 12.8. The number of nitrogens with zero attached hydrogens (tertiary/aromatic N) is 3.